The van der Waals surface area contributed by atoms with Crippen LogP contribution in [-0.2, 0) is 9.13 Å². The third kappa shape index (κ3) is 3.25. The van der Waals surface area contributed by atoms with Crippen LogP contribution in [0.25, 0.3) is 0 Å². The van der Waals surface area contributed by atoms with E-state index < -0.39 is 32.8 Å². The predicted octanol–water partition coefficient (Wildman–Crippen LogP) is -3.37. The van der Waals surface area contributed by atoms with Gasteiger partial charge < -0.3 is 40.7 Å². The number of nitrogens with two attached hydrogens (primary N) is 2. The normalized spacial score (nSPS) is 20.1. The number of hydrogen-bond acceptors (Lipinski definition) is 5. The molecule has 12 heteroatoms. The summed E-state index contributed by atoms with van der Waals surface area (Å²) >= 11 is 0. The van der Waals surface area contributed by atoms with Gasteiger partial charge in [0, 0.05) is 0 Å². The van der Waals surface area contributed by atoms with E-state index in [1.807, 2.05) is 0 Å². The molecular weight excluding hydrogens is 252 g/mol. The summed E-state index contributed by atoms with van der Waals surface area (Å²) in [6.07, 6.45) is 0. The third-order valence-electron chi connectivity index (χ3n) is 1.39. The van der Waals surface area contributed by atoms with Gasteiger partial charge in [-0.15, -0.1) is 0 Å². The SMILES string of the molecule is NC(N)=NCC(O)(P(=O)([O-])O)P(=O)(O)O. The lowest BCUT2D eigenvalue weighted by Crippen LogP contribution is -2.38. The van der Waals surface area contributed by atoms with Crippen LogP contribution in [0.2, 0.25) is 0 Å². The number of aliphatic hydroxyl groups is 1. The lowest BCUT2D eigenvalue weighted by Gasteiger charge is -2.34. The smallest absolute Gasteiger partial charge is 0.367 e. The lowest BCUT2D eigenvalue weighted by atomic mass is 10.7. The van der Waals surface area contributed by atoms with Crippen molar-refractivity contribution in [2.24, 2.45) is 16.5 Å². The summed E-state index contributed by atoms with van der Waals surface area (Å²) < 4.78 is 21.3. The summed E-state index contributed by atoms with van der Waals surface area (Å²) in [5.41, 5.74) is 9.55. The van der Waals surface area contributed by atoms with E-state index >= 15 is 0 Å². The predicted molar refractivity (Wildman–Crippen MR) is 47.5 cm³/mol. The van der Waals surface area contributed by atoms with E-state index in [1.165, 1.54) is 0 Å². The molecule has 0 aliphatic heterocycles. The van der Waals surface area contributed by atoms with Gasteiger partial charge in [0.25, 0.3) is 0 Å². The average Bonchev–Trinajstić information content (AvgIpc) is 1.95. The molecule has 0 saturated carbocycles. The van der Waals surface area contributed by atoms with E-state index in [1.54, 1.807) is 0 Å². The molecule has 8 N–H and O–H groups in total. The highest BCUT2D eigenvalue weighted by molar-refractivity contribution is 7.71. The van der Waals surface area contributed by atoms with Crippen LogP contribution in [0.4, 0.5) is 0 Å². The Morgan fingerprint density at radius 3 is 1.93 bits per heavy atom. The van der Waals surface area contributed by atoms with E-state index in [2.05, 4.69) is 4.99 Å². The molecule has 0 spiro atoms. The van der Waals surface area contributed by atoms with Crippen LogP contribution < -0.4 is 16.4 Å². The molecule has 0 saturated heterocycles. The van der Waals surface area contributed by atoms with Crippen LogP contribution >= 0.6 is 15.2 Å². The van der Waals surface area contributed by atoms with Crippen molar-refractivity contribution in [2.45, 2.75) is 5.08 Å². The fraction of sp³-hybridized carbons (Fsp3) is 0.667. The van der Waals surface area contributed by atoms with Crippen molar-refractivity contribution < 1.29 is 33.8 Å². The van der Waals surface area contributed by atoms with Crippen molar-refractivity contribution in [1.82, 2.24) is 0 Å². The minimum Gasteiger partial charge on any atom is -0.776 e. The Morgan fingerprint density at radius 1 is 1.33 bits per heavy atom. The van der Waals surface area contributed by atoms with Crippen molar-refractivity contribution in [2.75, 3.05) is 6.54 Å². The Hall–Kier alpha value is -0.470. The highest BCUT2D eigenvalue weighted by atomic mass is 31.2. The van der Waals surface area contributed by atoms with Crippen molar-refractivity contribution in [1.29, 1.82) is 0 Å². The van der Waals surface area contributed by atoms with Crippen LogP contribution in [0.5, 0.6) is 0 Å². The van der Waals surface area contributed by atoms with Crippen molar-refractivity contribution >= 4 is 21.2 Å². The zero-order valence-corrected chi connectivity index (χ0v) is 9.01. The Kier molecular flexibility index (Phi) is 4.05. The second-order valence-electron chi connectivity index (χ2n) is 2.58. The second-order valence-corrected chi connectivity index (χ2v) is 6.54. The molecule has 10 nitrogen and oxygen atoms in total. The zero-order valence-electron chi connectivity index (χ0n) is 7.22. The van der Waals surface area contributed by atoms with Crippen LogP contribution in [-0.4, -0.2) is 37.4 Å². The van der Waals surface area contributed by atoms with Gasteiger partial charge in [-0.1, -0.05) is 0 Å². The average molecular weight is 262 g/mol. The maximum atomic E-state index is 10.7. The van der Waals surface area contributed by atoms with Gasteiger partial charge in [0.05, 0.1) is 6.54 Å². The van der Waals surface area contributed by atoms with E-state index in [0.29, 0.717) is 0 Å². The maximum Gasteiger partial charge on any atom is 0.367 e. The first-order valence-corrected chi connectivity index (χ1v) is 6.48. The summed E-state index contributed by atoms with van der Waals surface area (Å²) in [6.45, 7) is -1.36. The Balaban J connectivity index is 5.36. The lowest BCUT2D eigenvalue weighted by molar-refractivity contribution is -0.205. The summed E-state index contributed by atoms with van der Waals surface area (Å²) in [6, 6.07) is 0. The van der Waals surface area contributed by atoms with Gasteiger partial charge in [0.2, 0.25) is 5.08 Å². The molecule has 0 aromatic carbocycles. The number of nitrogens with zero attached hydrogens (tertiary/aromatic N) is 1. The minimum atomic E-state index is -5.74. The molecule has 90 valence electrons. The molecule has 0 heterocycles. The molecule has 0 radical (unpaired) electrons. The van der Waals surface area contributed by atoms with Crippen LogP contribution in [0.1, 0.15) is 0 Å². The topological polar surface area (TPSA) is 203 Å². The Labute approximate surface area is 83.9 Å². The van der Waals surface area contributed by atoms with Crippen LogP contribution in [0.15, 0.2) is 4.99 Å². The van der Waals surface area contributed by atoms with Gasteiger partial charge in [-0.3, -0.25) is 4.57 Å². The fourth-order valence-electron chi connectivity index (χ4n) is 0.543. The number of guanidine groups is 1. The number of rotatable bonds is 4. The largest absolute Gasteiger partial charge is 0.776 e. The summed E-state index contributed by atoms with van der Waals surface area (Å²) in [5, 5.41) is 5.41. The molecule has 0 aliphatic carbocycles. The maximum absolute atomic E-state index is 10.7. The Morgan fingerprint density at radius 2 is 1.73 bits per heavy atom. The quantitative estimate of drug-likeness (QED) is 0.170. The molecule has 2 atom stereocenters. The van der Waals surface area contributed by atoms with Crippen molar-refractivity contribution in [3.05, 3.63) is 0 Å². The van der Waals surface area contributed by atoms with Gasteiger partial charge in [-0.05, 0) is 0 Å². The Bertz CT molecular complexity index is 328. The molecule has 0 aromatic heterocycles. The summed E-state index contributed by atoms with van der Waals surface area (Å²) in [5.74, 6) is -0.699. The third-order valence-corrected chi connectivity index (χ3v) is 5.05. The summed E-state index contributed by atoms with van der Waals surface area (Å²) in [7, 11) is -11.3. The van der Waals surface area contributed by atoms with Gasteiger partial charge in [0.1, 0.15) is 0 Å². The molecule has 0 aromatic rings. The first kappa shape index (κ1) is 14.5. The standard InChI is InChI=1S/C3H11N3O7P2/c4-2(5)6-1-3(7,14(8,9)10)15(11,12)13/h7H,1H2,(H4,4,5,6)(H2,8,9,10)(H2,11,12,13)/p-1. The van der Waals surface area contributed by atoms with E-state index in [4.69, 9.17) is 31.3 Å². The summed E-state index contributed by atoms with van der Waals surface area (Å²) in [4.78, 5) is 39.1. The number of hydrogen-bond donors (Lipinski definition) is 6. The molecular formula is C3H10N3O7P2-. The zero-order chi connectivity index (χ0) is 12.5. The van der Waals surface area contributed by atoms with Gasteiger partial charge >= 0.3 is 7.60 Å². The first-order valence-electron chi connectivity index (χ1n) is 3.29. The van der Waals surface area contributed by atoms with Crippen LogP contribution in [0.3, 0.4) is 0 Å². The van der Waals surface area contributed by atoms with Gasteiger partial charge in [-0.25, -0.2) is 4.99 Å². The molecule has 0 aliphatic rings. The highest BCUT2D eigenvalue weighted by Gasteiger charge is 2.53. The van der Waals surface area contributed by atoms with Crippen molar-refractivity contribution in [3.8, 4) is 0 Å². The number of aliphatic imine (C=N–C) groups is 1. The van der Waals surface area contributed by atoms with Gasteiger partial charge in [0.15, 0.2) is 13.6 Å². The van der Waals surface area contributed by atoms with Gasteiger partial charge in [-0.2, -0.15) is 0 Å². The highest BCUT2D eigenvalue weighted by Crippen LogP contribution is 2.65. The molecule has 15 heavy (non-hydrogen) atoms. The molecule has 0 rings (SSSR count). The minimum absolute atomic E-state index is 0.699. The van der Waals surface area contributed by atoms with E-state index in [-0.39, 0.29) is 0 Å². The van der Waals surface area contributed by atoms with E-state index in [9.17, 15) is 14.0 Å². The van der Waals surface area contributed by atoms with Crippen LogP contribution in [0, 0.1) is 0 Å². The molecule has 0 bridgehead atoms. The van der Waals surface area contributed by atoms with E-state index in [0.717, 1.165) is 0 Å². The molecule has 2 unspecified atom stereocenters. The molecule has 0 amide bonds. The first-order chi connectivity index (χ1) is 6.42. The fourth-order valence-corrected chi connectivity index (χ4v) is 2.36. The molecule has 0 fully saturated rings. The second kappa shape index (κ2) is 4.18. The monoisotopic (exact) mass is 262 g/mol. The van der Waals surface area contributed by atoms with Crippen molar-refractivity contribution in [3.63, 3.8) is 0 Å².